The molecule has 2 aromatic carbocycles. The summed E-state index contributed by atoms with van der Waals surface area (Å²) in [5.74, 6) is 0.591. The Morgan fingerprint density at radius 3 is 2.56 bits per heavy atom. The molecule has 0 saturated carbocycles. The zero-order valence-electron chi connectivity index (χ0n) is 21.1. The van der Waals surface area contributed by atoms with Crippen molar-refractivity contribution in [2.75, 3.05) is 13.3 Å². The van der Waals surface area contributed by atoms with Gasteiger partial charge in [0.25, 0.3) is 5.91 Å². The second-order valence-electron chi connectivity index (χ2n) is 9.28. The number of ether oxygens (including phenoxy) is 2. The van der Waals surface area contributed by atoms with Crippen molar-refractivity contribution in [1.29, 1.82) is 5.26 Å². The highest BCUT2D eigenvalue weighted by Gasteiger charge is 2.33. The third-order valence-electron chi connectivity index (χ3n) is 5.92. The molecule has 1 heterocycles. The van der Waals surface area contributed by atoms with Crippen LogP contribution in [0.4, 0.5) is 4.39 Å². The number of amides is 1. The number of nitrogens with zero attached hydrogens (tertiary/aromatic N) is 2. The summed E-state index contributed by atoms with van der Waals surface area (Å²) in [6.07, 6.45) is 2.30. The standard InChI is InChI=1S/C29H32FN3O3/c1-20-8-13-27(32-19-20)36-29(3,4)28(34)33-21(2)26(24-7-5-6-23(16-24)18-31)17-22-9-11-25(12-10-22)35-15-14-30/h5-13,16,19,21,26H,14-15,17H2,1-4H3,(H,33,34)/t21-,26?/m0/s1. The minimum Gasteiger partial charge on any atom is -0.491 e. The fourth-order valence-corrected chi connectivity index (χ4v) is 3.86. The van der Waals surface area contributed by atoms with E-state index < -0.39 is 12.3 Å². The summed E-state index contributed by atoms with van der Waals surface area (Å²) >= 11 is 0. The van der Waals surface area contributed by atoms with Crippen LogP contribution in [0.2, 0.25) is 0 Å². The Morgan fingerprint density at radius 1 is 1.17 bits per heavy atom. The minimum absolute atomic E-state index is 0.0158. The Labute approximate surface area is 212 Å². The summed E-state index contributed by atoms with van der Waals surface area (Å²) in [6.45, 7) is 6.76. The normalized spacial score (nSPS) is 12.8. The molecular weight excluding hydrogens is 457 g/mol. The molecule has 0 aliphatic rings. The summed E-state index contributed by atoms with van der Waals surface area (Å²) in [5.41, 5.74) is 2.38. The van der Waals surface area contributed by atoms with Crippen LogP contribution in [0.15, 0.2) is 66.9 Å². The first-order chi connectivity index (χ1) is 17.2. The molecule has 3 rings (SSSR count). The lowest BCUT2D eigenvalue weighted by Crippen LogP contribution is -2.51. The molecule has 188 valence electrons. The maximum atomic E-state index is 13.2. The zero-order valence-corrected chi connectivity index (χ0v) is 21.1. The lowest BCUT2D eigenvalue weighted by atomic mass is 9.85. The van der Waals surface area contributed by atoms with Crippen molar-refractivity contribution in [2.24, 2.45) is 0 Å². The number of rotatable bonds is 11. The number of nitrogens with one attached hydrogen (secondary N) is 1. The summed E-state index contributed by atoms with van der Waals surface area (Å²) in [4.78, 5) is 17.5. The monoisotopic (exact) mass is 489 g/mol. The molecule has 0 fully saturated rings. The fourth-order valence-electron chi connectivity index (χ4n) is 3.86. The Morgan fingerprint density at radius 2 is 1.92 bits per heavy atom. The number of halogens is 1. The number of aryl methyl sites for hydroxylation is 1. The first kappa shape index (κ1) is 26.7. The van der Waals surface area contributed by atoms with Crippen molar-refractivity contribution in [3.05, 3.63) is 89.1 Å². The van der Waals surface area contributed by atoms with Crippen molar-refractivity contribution in [3.8, 4) is 17.7 Å². The average Bonchev–Trinajstić information content (AvgIpc) is 2.87. The van der Waals surface area contributed by atoms with Crippen LogP contribution in [0.25, 0.3) is 0 Å². The summed E-state index contributed by atoms with van der Waals surface area (Å²) in [6, 6.07) is 20.4. The quantitative estimate of drug-likeness (QED) is 0.395. The van der Waals surface area contributed by atoms with Gasteiger partial charge in [-0.25, -0.2) is 9.37 Å². The maximum Gasteiger partial charge on any atom is 0.263 e. The molecular formula is C29H32FN3O3. The number of alkyl halides is 1. The van der Waals surface area contributed by atoms with Crippen molar-refractivity contribution in [2.45, 2.75) is 51.7 Å². The van der Waals surface area contributed by atoms with Gasteiger partial charge in [0.2, 0.25) is 5.88 Å². The summed E-state index contributed by atoms with van der Waals surface area (Å²) < 4.78 is 23.6. The first-order valence-corrected chi connectivity index (χ1v) is 11.9. The van der Waals surface area contributed by atoms with Crippen molar-refractivity contribution in [1.82, 2.24) is 10.3 Å². The van der Waals surface area contributed by atoms with Gasteiger partial charge in [-0.2, -0.15) is 5.26 Å². The van der Waals surface area contributed by atoms with Gasteiger partial charge in [-0.3, -0.25) is 4.79 Å². The smallest absolute Gasteiger partial charge is 0.263 e. The predicted molar refractivity (Wildman–Crippen MR) is 137 cm³/mol. The molecule has 3 aromatic rings. The Bertz CT molecular complexity index is 1190. The minimum atomic E-state index is -1.15. The van der Waals surface area contributed by atoms with Gasteiger partial charge in [-0.15, -0.1) is 0 Å². The number of nitriles is 1. The maximum absolute atomic E-state index is 13.2. The molecule has 1 amide bonds. The van der Waals surface area contributed by atoms with E-state index in [1.165, 1.54) is 0 Å². The van der Waals surface area contributed by atoms with E-state index in [2.05, 4.69) is 16.4 Å². The molecule has 1 unspecified atom stereocenters. The molecule has 1 aromatic heterocycles. The van der Waals surface area contributed by atoms with E-state index in [-0.39, 0.29) is 24.5 Å². The Balaban J connectivity index is 1.79. The molecule has 0 saturated heterocycles. The number of carbonyl (C=O) groups excluding carboxylic acids is 1. The lowest BCUT2D eigenvalue weighted by molar-refractivity contribution is -0.135. The molecule has 7 heteroatoms. The van der Waals surface area contributed by atoms with Crippen LogP contribution >= 0.6 is 0 Å². The lowest BCUT2D eigenvalue weighted by Gasteiger charge is -2.30. The van der Waals surface area contributed by atoms with Crippen LogP contribution in [0.1, 0.15) is 48.9 Å². The third-order valence-corrected chi connectivity index (χ3v) is 5.92. The van der Waals surface area contributed by atoms with E-state index in [4.69, 9.17) is 9.47 Å². The SMILES string of the molecule is Cc1ccc(OC(C)(C)C(=O)N[C@@H](C)C(Cc2ccc(OCCF)cc2)c2cccc(C#N)c2)nc1. The van der Waals surface area contributed by atoms with E-state index in [1.54, 1.807) is 32.2 Å². The van der Waals surface area contributed by atoms with E-state index in [0.29, 0.717) is 23.6 Å². The highest BCUT2D eigenvalue weighted by Crippen LogP contribution is 2.27. The third kappa shape index (κ3) is 7.29. The number of hydrogen-bond donors (Lipinski definition) is 1. The molecule has 0 aliphatic heterocycles. The number of pyridine rings is 1. The van der Waals surface area contributed by atoms with Crippen molar-refractivity contribution < 1.29 is 18.7 Å². The van der Waals surface area contributed by atoms with Crippen molar-refractivity contribution in [3.63, 3.8) is 0 Å². The largest absolute Gasteiger partial charge is 0.491 e. The van der Waals surface area contributed by atoms with Gasteiger partial charge in [0.15, 0.2) is 5.60 Å². The van der Waals surface area contributed by atoms with E-state index in [1.807, 2.05) is 62.4 Å². The highest BCUT2D eigenvalue weighted by atomic mass is 19.1. The zero-order chi connectivity index (χ0) is 26.1. The molecule has 0 radical (unpaired) electrons. The molecule has 0 spiro atoms. The van der Waals surface area contributed by atoms with Crippen LogP contribution in [0.5, 0.6) is 11.6 Å². The number of carbonyl (C=O) groups is 1. The van der Waals surface area contributed by atoms with Gasteiger partial charge in [0.05, 0.1) is 11.6 Å². The van der Waals surface area contributed by atoms with Gasteiger partial charge in [0, 0.05) is 24.2 Å². The number of benzene rings is 2. The van der Waals surface area contributed by atoms with Crippen LogP contribution in [0.3, 0.4) is 0 Å². The topological polar surface area (TPSA) is 84.2 Å². The molecule has 36 heavy (non-hydrogen) atoms. The predicted octanol–water partition coefficient (Wildman–Crippen LogP) is 5.30. The van der Waals surface area contributed by atoms with Gasteiger partial charge in [0.1, 0.15) is 19.0 Å². The summed E-state index contributed by atoms with van der Waals surface area (Å²) in [5, 5.41) is 12.5. The second kappa shape index (κ2) is 12.2. The average molecular weight is 490 g/mol. The molecule has 1 N–H and O–H groups in total. The van der Waals surface area contributed by atoms with Crippen LogP contribution in [0, 0.1) is 18.3 Å². The molecule has 0 bridgehead atoms. The van der Waals surface area contributed by atoms with E-state index >= 15 is 0 Å². The van der Waals surface area contributed by atoms with Gasteiger partial charge >= 0.3 is 0 Å². The van der Waals surface area contributed by atoms with Gasteiger partial charge in [-0.1, -0.05) is 30.3 Å². The molecule has 0 aliphatic carbocycles. The highest BCUT2D eigenvalue weighted by molar-refractivity contribution is 5.85. The summed E-state index contributed by atoms with van der Waals surface area (Å²) in [7, 11) is 0. The Hall–Kier alpha value is -3.92. The van der Waals surface area contributed by atoms with Crippen LogP contribution in [-0.4, -0.2) is 35.8 Å². The van der Waals surface area contributed by atoms with Gasteiger partial charge in [-0.05, 0) is 75.1 Å². The van der Waals surface area contributed by atoms with E-state index in [0.717, 1.165) is 16.7 Å². The second-order valence-corrected chi connectivity index (χ2v) is 9.28. The molecule has 2 atom stereocenters. The van der Waals surface area contributed by atoms with Gasteiger partial charge < -0.3 is 14.8 Å². The first-order valence-electron chi connectivity index (χ1n) is 11.9. The Kier molecular flexibility index (Phi) is 9.02. The van der Waals surface area contributed by atoms with Crippen LogP contribution in [-0.2, 0) is 11.2 Å². The molecule has 6 nitrogen and oxygen atoms in total. The number of hydrogen-bond acceptors (Lipinski definition) is 5. The fraction of sp³-hybridized carbons (Fsp3) is 0.345. The van der Waals surface area contributed by atoms with Crippen LogP contribution < -0.4 is 14.8 Å². The number of aromatic nitrogens is 1. The van der Waals surface area contributed by atoms with Crippen molar-refractivity contribution >= 4 is 5.91 Å². The van der Waals surface area contributed by atoms with E-state index in [9.17, 15) is 14.4 Å².